The number of aliphatic hydroxyl groups excluding tert-OH is 1. The van der Waals surface area contributed by atoms with Gasteiger partial charge in [0.15, 0.2) is 0 Å². The van der Waals surface area contributed by atoms with E-state index in [0.717, 1.165) is 35.4 Å². The number of ether oxygens (including phenoxy) is 1. The lowest BCUT2D eigenvalue weighted by atomic mass is 10.1. The maximum Gasteiger partial charge on any atom is 0.119 e. The number of pyridine rings is 1. The third-order valence-electron chi connectivity index (χ3n) is 4.51. The number of benzene rings is 2. The van der Waals surface area contributed by atoms with Gasteiger partial charge in [0, 0.05) is 32.6 Å². The SMILES string of the molecule is C=O.CC1CC1.CNC(C)C.CO.Cc1cc(COc2ccccc2)c2ccccc2n1.[HH].[HH]. The van der Waals surface area contributed by atoms with Gasteiger partial charge in [-0.2, -0.15) is 0 Å². The van der Waals surface area contributed by atoms with Crippen LogP contribution in [0.5, 0.6) is 5.75 Å². The standard InChI is InChI=1S/C17H15NO.C4H11N.C4H8.CH4O.CH2O.2H2/c1-13-11-14(12-19-15-7-3-2-4-8-15)16-9-5-6-10-17(16)18-13;1-4(2)5-3;1-4-2-3-4;2*1-2;;/h2-11H,12H2,1H3;4-5H,1-3H3;4H,2-3H2,1H3;2H,1H3;1H2;2*1H. The van der Waals surface area contributed by atoms with Gasteiger partial charge in [-0.25, -0.2) is 0 Å². The molecule has 1 fully saturated rings. The van der Waals surface area contributed by atoms with E-state index >= 15 is 0 Å². The van der Waals surface area contributed by atoms with Crippen molar-refractivity contribution >= 4 is 17.7 Å². The summed E-state index contributed by atoms with van der Waals surface area (Å²) >= 11 is 0. The summed E-state index contributed by atoms with van der Waals surface area (Å²) in [6.45, 7) is 11.1. The molecule has 0 bridgehead atoms. The second-order valence-corrected chi connectivity index (χ2v) is 7.67. The van der Waals surface area contributed by atoms with Crippen molar-refractivity contribution in [3.63, 3.8) is 0 Å². The number of nitrogens with one attached hydrogen (secondary N) is 1. The zero-order valence-electron chi connectivity index (χ0n) is 20.5. The van der Waals surface area contributed by atoms with E-state index < -0.39 is 0 Å². The molecule has 0 amide bonds. The Morgan fingerprint density at radius 3 is 2.09 bits per heavy atom. The number of nitrogens with zero attached hydrogens (tertiary/aromatic N) is 1. The number of aliphatic hydroxyl groups is 1. The van der Waals surface area contributed by atoms with Gasteiger partial charge in [0.05, 0.1) is 5.52 Å². The molecule has 0 radical (unpaired) electrons. The number of fused-ring (bicyclic) bond motifs is 1. The van der Waals surface area contributed by atoms with Crippen LogP contribution in [-0.2, 0) is 11.4 Å². The molecule has 0 spiro atoms. The van der Waals surface area contributed by atoms with E-state index in [9.17, 15) is 0 Å². The molecule has 1 aliphatic carbocycles. The summed E-state index contributed by atoms with van der Waals surface area (Å²) in [5.74, 6) is 1.97. The fourth-order valence-corrected chi connectivity index (χ4v) is 2.36. The quantitative estimate of drug-likeness (QED) is 0.511. The summed E-state index contributed by atoms with van der Waals surface area (Å²) < 4.78 is 5.83. The van der Waals surface area contributed by atoms with Crippen LogP contribution >= 0.6 is 0 Å². The molecule has 180 valence electrons. The maximum absolute atomic E-state index is 8.00. The Kier molecular flexibility index (Phi) is 16.3. The largest absolute Gasteiger partial charge is 0.489 e. The van der Waals surface area contributed by atoms with Crippen molar-refractivity contribution in [3.05, 3.63) is 71.9 Å². The first-order valence-corrected chi connectivity index (χ1v) is 10.9. The van der Waals surface area contributed by atoms with Gasteiger partial charge in [-0.05, 0) is 44.2 Å². The van der Waals surface area contributed by atoms with Gasteiger partial charge in [-0.15, -0.1) is 0 Å². The van der Waals surface area contributed by atoms with Crippen LogP contribution in [0.4, 0.5) is 0 Å². The van der Waals surface area contributed by atoms with Crippen LogP contribution in [0.15, 0.2) is 60.7 Å². The van der Waals surface area contributed by atoms with Gasteiger partial charge < -0.3 is 20.0 Å². The second-order valence-electron chi connectivity index (χ2n) is 7.67. The summed E-state index contributed by atoms with van der Waals surface area (Å²) in [6, 6.07) is 20.8. The molecule has 0 unspecified atom stereocenters. The monoisotopic (exact) mass is 444 g/mol. The van der Waals surface area contributed by atoms with E-state index in [1.54, 1.807) is 0 Å². The molecule has 1 aliphatic rings. The molecule has 5 nitrogen and oxygen atoms in total. The van der Waals surface area contributed by atoms with Crippen LogP contribution < -0.4 is 10.1 Å². The van der Waals surface area contributed by atoms with Gasteiger partial charge in [-0.1, -0.05) is 70.0 Å². The fourth-order valence-electron chi connectivity index (χ4n) is 2.36. The van der Waals surface area contributed by atoms with E-state index in [2.05, 4.69) is 43.2 Å². The normalized spacial score (nSPS) is 11.4. The number of aryl methyl sites for hydroxylation is 1. The Hall–Kier alpha value is -2.76. The average Bonchev–Trinajstić information content (AvgIpc) is 3.63. The third-order valence-corrected chi connectivity index (χ3v) is 4.51. The minimum atomic E-state index is 0. The first kappa shape index (κ1) is 29.2. The molecule has 1 saturated carbocycles. The van der Waals surface area contributed by atoms with Gasteiger partial charge in [0.2, 0.25) is 0 Å². The van der Waals surface area contributed by atoms with E-state index in [0.29, 0.717) is 12.6 Å². The summed E-state index contributed by atoms with van der Waals surface area (Å²) in [6.07, 6.45) is 2.97. The van der Waals surface area contributed by atoms with Crippen LogP contribution in [0.1, 0.15) is 47.7 Å². The van der Waals surface area contributed by atoms with Crippen molar-refractivity contribution in [2.75, 3.05) is 14.2 Å². The Morgan fingerprint density at radius 2 is 1.59 bits per heavy atom. The molecule has 1 heterocycles. The van der Waals surface area contributed by atoms with Crippen molar-refractivity contribution in [1.29, 1.82) is 0 Å². The highest BCUT2D eigenvalue weighted by Crippen LogP contribution is 2.26. The van der Waals surface area contributed by atoms with Crippen LogP contribution in [0.3, 0.4) is 0 Å². The van der Waals surface area contributed by atoms with Gasteiger partial charge in [0.1, 0.15) is 19.1 Å². The number of carbonyl (C=O) groups excluding carboxylic acids is 1. The minimum absolute atomic E-state index is 0. The summed E-state index contributed by atoms with van der Waals surface area (Å²) in [5, 5.41) is 11.2. The molecule has 4 rings (SSSR count). The van der Waals surface area contributed by atoms with Crippen LogP contribution in [0, 0.1) is 12.8 Å². The van der Waals surface area contributed by atoms with E-state index in [4.69, 9.17) is 14.6 Å². The van der Waals surface area contributed by atoms with Gasteiger partial charge >= 0.3 is 0 Å². The van der Waals surface area contributed by atoms with Gasteiger partial charge in [0.25, 0.3) is 0 Å². The summed E-state index contributed by atoms with van der Waals surface area (Å²) in [7, 11) is 2.95. The van der Waals surface area contributed by atoms with E-state index in [1.165, 1.54) is 18.4 Å². The predicted molar refractivity (Wildman–Crippen MR) is 139 cm³/mol. The number of rotatable bonds is 4. The Morgan fingerprint density at radius 1 is 1.09 bits per heavy atom. The molecular formula is C27H44N2O3. The van der Waals surface area contributed by atoms with Crippen molar-refractivity contribution < 1.29 is 17.5 Å². The van der Waals surface area contributed by atoms with Crippen molar-refractivity contribution in [1.82, 2.24) is 10.3 Å². The minimum Gasteiger partial charge on any atom is -0.489 e. The molecule has 2 aromatic carbocycles. The number of para-hydroxylation sites is 2. The number of hydrogen-bond donors (Lipinski definition) is 2. The number of carbonyl (C=O) groups is 1. The Balaban J connectivity index is -0.000000537. The van der Waals surface area contributed by atoms with E-state index in [-0.39, 0.29) is 2.85 Å². The lowest BCUT2D eigenvalue weighted by Crippen LogP contribution is -2.15. The highest BCUT2D eigenvalue weighted by Gasteiger charge is 2.12. The lowest BCUT2D eigenvalue weighted by Gasteiger charge is -2.09. The first-order valence-electron chi connectivity index (χ1n) is 10.9. The smallest absolute Gasteiger partial charge is 0.119 e. The zero-order valence-corrected chi connectivity index (χ0v) is 20.5. The molecule has 3 aromatic rings. The topological polar surface area (TPSA) is 71.5 Å². The molecule has 2 N–H and O–H groups in total. The first-order chi connectivity index (χ1) is 15.5. The number of hydrogen-bond acceptors (Lipinski definition) is 5. The second kappa shape index (κ2) is 17.9. The predicted octanol–water partition coefficient (Wildman–Crippen LogP) is 6.07. The van der Waals surface area contributed by atoms with Crippen LogP contribution in [-0.4, -0.2) is 37.1 Å². The van der Waals surface area contributed by atoms with Crippen LogP contribution in [0.2, 0.25) is 0 Å². The number of aromatic nitrogens is 1. The molecule has 0 saturated heterocycles. The molecule has 0 atom stereocenters. The fraction of sp³-hybridized carbons (Fsp3) is 0.407. The molecular weight excluding hydrogens is 400 g/mol. The Bertz CT molecular complexity index is 861. The van der Waals surface area contributed by atoms with Gasteiger partial charge in [-0.3, -0.25) is 4.98 Å². The highest BCUT2D eigenvalue weighted by molar-refractivity contribution is 5.82. The Labute approximate surface area is 196 Å². The molecule has 0 aliphatic heterocycles. The average molecular weight is 445 g/mol. The highest BCUT2D eigenvalue weighted by atomic mass is 16.5. The molecule has 32 heavy (non-hydrogen) atoms. The summed E-state index contributed by atoms with van der Waals surface area (Å²) in [4.78, 5) is 12.5. The van der Waals surface area contributed by atoms with Crippen molar-refractivity contribution in [2.45, 2.75) is 53.2 Å². The van der Waals surface area contributed by atoms with Crippen molar-refractivity contribution in [3.8, 4) is 5.75 Å². The third kappa shape index (κ3) is 12.8. The zero-order chi connectivity index (χ0) is 24.4. The van der Waals surface area contributed by atoms with Crippen LogP contribution in [0.25, 0.3) is 10.9 Å². The van der Waals surface area contributed by atoms with Crippen molar-refractivity contribution in [2.24, 2.45) is 5.92 Å². The lowest BCUT2D eigenvalue weighted by molar-refractivity contribution is -0.0979. The summed E-state index contributed by atoms with van der Waals surface area (Å²) in [5.41, 5.74) is 3.21. The van der Waals surface area contributed by atoms with E-state index in [1.807, 2.05) is 69.3 Å². The molecule has 1 aromatic heterocycles. The maximum atomic E-state index is 8.00. The molecule has 5 heteroatoms.